The van der Waals surface area contributed by atoms with Gasteiger partial charge in [-0.05, 0) is 19.1 Å². The van der Waals surface area contributed by atoms with Crippen molar-refractivity contribution in [2.75, 3.05) is 17.7 Å². The third kappa shape index (κ3) is 1.07. The number of hydrogen-bond acceptors (Lipinski definition) is 3. The van der Waals surface area contributed by atoms with Crippen LogP contribution >= 0.6 is 0 Å². The maximum Gasteiger partial charge on any atom is 0.165 e. The largest absolute Gasteiger partial charge is 0.487 e. The molecule has 0 aliphatic carbocycles. The Balaban J connectivity index is 2.42. The van der Waals surface area contributed by atoms with Gasteiger partial charge in [0.1, 0.15) is 6.61 Å². The minimum atomic E-state index is 0.360. The van der Waals surface area contributed by atoms with Gasteiger partial charge in [-0.1, -0.05) is 6.07 Å². The molecule has 0 fully saturated rings. The number of ether oxygens (including phenoxy) is 1. The van der Waals surface area contributed by atoms with Crippen molar-refractivity contribution in [2.45, 2.75) is 13.0 Å². The highest BCUT2D eigenvalue weighted by molar-refractivity contribution is 5.70. The van der Waals surface area contributed by atoms with Gasteiger partial charge in [-0.15, -0.1) is 0 Å². The molecule has 1 aliphatic rings. The number of anilines is 2. The Morgan fingerprint density at radius 3 is 3.25 bits per heavy atom. The molecular weight excluding hydrogens is 152 g/mol. The molecular formula is C9H12N2O. The van der Waals surface area contributed by atoms with E-state index in [0.29, 0.717) is 18.3 Å². The first-order chi connectivity index (χ1) is 5.77. The number of para-hydroxylation sites is 1. The Hall–Kier alpha value is -1.38. The SMILES string of the molecule is CC1COc2c(N)cccc2N1. The zero-order chi connectivity index (χ0) is 8.55. The average Bonchev–Trinajstić information content (AvgIpc) is 2.04. The van der Waals surface area contributed by atoms with Gasteiger partial charge in [0.05, 0.1) is 17.4 Å². The van der Waals surface area contributed by atoms with Gasteiger partial charge in [0.15, 0.2) is 5.75 Å². The van der Waals surface area contributed by atoms with E-state index in [1.165, 1.54) is 0 Å². The second-order valence-corrected chi connectivity index (χ2v) is 3.08. The smallest absolute Gasteiger partial charge is 0.165 e. The molecule has 0 spiro atoms. The molecule has 64 valence electrons. The van der Waals surface area contributed by atoms with E-state index in [1.54, 1.807) is 0 Å². The van der Waals surface area contributed by atoms with Crippen LogP contribution in [0.15, 0.2) is 18.2 Å². The molecule has 1 atom stereocenters. The first kappa shape index (κ1) is 7.28. The van der Waals surface area contributed by atoms with Crippen molar-refractivity contribution in [3.8, 4) is 5.75 Å². The van der Waals surface area contributed by atoms with Crippen molar-refractivity contribution < 1.29 is 4.74 Å². The molecule has 3 nitrogen and oxygen atoms in total. The minimum Gasteiger partial charge on any atom is -0.487 e. The van der Waals surface area contributed by atoms with Gasteiger partial charge < -0.3 is 15.8 Å². The number of nitrogens with one attached hydrogen (secondary N) is 1. The number of fused-ring (bicyclic) bond motifs is 1. The Kier molecular flexibility index (Phi) is 1.57. The third-order valence-electron chi connectivity index (χ3n) is 1.93. The highest BCUT2D eigenvalue weighted by Crippen LogP contribution is 2.33. The van der Waals surface area contributed by atoms with Gasteiger partial charge in [0.25, 0.3) is 0 Å². The zero-order valence-electron chi connectivity index (χ0n) is 7.00. The summed E-state index contributed by atoms with van der Waals surface area (Å²) >= 11 is 0. The lowest BCUT2D eigenvalue weighted by Crippen LogP contribution is -2.28. The summed E-state index contributed by atoms with van der Waals surface area (Å²) in [5.74, 6) is 0.788. The van der Waals surface area contributed by atoms with Crippen molar-refractivity contribution in [2.24, 2.45) is 0 Å². The maximum absolute atomic E-state index is 5.72. The zero-order valence-corrected chi connectivity index (χ0v) is 7.00. The molecule has 3 N–H and O–H groups in total. The molecule has 0 aromatic heterocycles. The first-order valence-corrected chi connectivity index (χ1v) is 4.05. The highest BCUT2D eigenvalue weighted by atomic mass is 16.5. The lowest BCUT2D eigenvalue weighted by molar-refractivity contribution is 0.293. The molecule has 0 saturated carbocycles. The third-order valence-corrected chi connectivity index (χ3v) is 1.93. The van der Waals surface area contributed by atoms with Crippen molar-refractivity contribution in [3.63, 3.8) is 0 Å². The van der Waals surface area contributed by atoms with Gasteiger partial charge in [-0.25, -0.2) is 0 Å². The summed E-state index contributed by atoms with van der Waals surface area (Å²) in [7, 11) is 0. The molecule has 1 aromatic carbocycles. The van der Waals surface area contributed by atoms with Crippen LogP contribution in [0.5, 0.6) is 5.75 Å². The van der Waals surface area contributed by atoms with Gasteiger partial charge in [-0.2, -0.15) is 0 Å². The molecule has 3 heteroatoms. The topological polar surface area (TPSA) is 47.3 Å². The summed E-state index contributed by atoms with van der Waals surface area (Å²) < 4.78 is 5.48. The normalized spacial score (nSPS) is 20.6. The van der Waals surface area contributed by atoms with E-state index < -0.39 is 0 Å². The van der Waals surface area contributed by atoms with Crippen LogP contribution in [-0.2, 0) is 0 Å². The molecule has 0 radical (unpaired) electrons. The lowest BCUT2D eigenvalue weighted by atomic mass is 10.2. The Morgan fingerprint density at radius 1 is 1.58 bits per heavy atom. The second-order valence-electron chi connectivity index (χ2n) is 3.08. The molecule has 1 unspecified atom stereocenters. The van der Waals surface area contributed by atoms with Crippen LogP contribution in [0.4, 0.5) is 11.4 Å². The van der Waals surface area contributed by atoms with E-state index in [2.05, 4.69) is 12.2 Å². The monoisotopic (exact) mass is 164 g/mol. The molecule has 0 saturated heterocycles. The Bertz CT molecular complexity index is 299. The van der Waals surface area contributed by atoms with Gasteiger partial charge in [0, 0.05) is 0 Å². The predicted molar refractivity (Wildman–Crippen MR) is 49.4 cm³/mol. The summed E-state index contributed by atoms with van der Waals surface area (Å²) in [6.07, 6.45) is 0. The average molecular weight is 164 g/mol. The van der Waals surface area contributed by atoms with Crippen LogP contribution in [0.1, 0.15) is 6.92 Å². The van der Waals surface area contributed by atoms with Crippen molar-refractivity contribution >= 4 is 11.4 Å². The second kappa shape index (κ2) is 2.59. The fourth-order valence-electron chi connectivity index (χ4n) is 1.35. The van der Waals surface area contributed by atoms with Gasteiger partial charge in [0.2, 0.25) is 0 Å². The van der Waals surface area contributed by atoms with Crippen molar-refractivity contribution in [3.05, 3.63) is 18.2 Å². The number of nitrogen functional groups attached to an aromatic ring is 1. The van der Waals surface area contributed by atoms with Crippen molar-refractivity contribution in [1.29, 1.82) is 0 Å². The van der Waals surface area contributed by atoms with E-state index in [1.807, 2.05) is 18.2 Å². The van der Waals surface area contributed by atoms with Gasteiger partial charge in [-0.3, -0.25) is 0 Å². The fourth-order valence-corrected chi connectivity index (χ4v) is 1.35. The molecule has 12 heavy (non-hydrogen) atoms. The van der Waals surface area contributed by atoms with Crippen LogP contribution in [0.3, 0.4) is 0 Å². The summed E-state index contributed by atoms with van der Waals surface area (Å²) in [5, 5.41) is 3.30. The molecule has 0 amide bonds. The quantitative estimate of drug-likeness (QED) is 0.571. The van der Waals surface area contributed by atoms with Gasteiger partial charge >= 0.3 is 0 Å². The van der Waals surface area contributed by atoms with Crippen LogP contribution in [-0.4, -0.2) is 12.6 Å². The fraction of sp³-hybridized carbons (Fsp3) is 0.333. The molecule has 2 rings (SSSR count). The predicted octanol–water partition coefficient (Wildman–Crippen LogP) is 1.46. The Labute approximate surface area is 71.5 Å². The van der Waals surface area contributed by atoms with E-state index in [9.17, 15) is 0 Å². The molecule has 0 bridgehead atoms. The van der Waals surface area contributed by atoms with Crippen LogP contribution in [0.2, 0.25) is 0 Å². The van der Waals surface area contributed by atoms with E-state index in [-0.39, 0.29) is 0 Å². The maximum atomic E-state index is 5.72. The number of benzene rings is 1. The number of rotatable bonds is 0. The standard InChI is InChI=1S/C9H12N2O/c1-6-5-12-9-7(10)3-2-4-8(9)11-6/h2-4,6,11H,5,10H2,1H3. The summed E-state index contributed by atoms with van der Waals surface area (Å²) in [5.41, 5.74) is 7.42. The number of nitrogens with two attached hydrogens (primary N) is 1. The molecule has 1 aromatic rings. The summed E-state index contributed by atoms with van der Waals surface area (Å²) in [4.78, 5) is 0. The summed E-state index contributed by atoms with van der Waals surface area (Å²) in [6, 6.07) is 6.10. The highest BCUT2D eigenvalue weighted by Gasteiger charge is 2.16. The van der Waals surface area contributed by atoms with E-state index >= 15 is 0 Å². The van der Waals surface area contributed by atoms with E-state index in [4.69, 9.17) is 10.5 Å². The van der Waals surface area contributed by atoms with Crippen LogP contribution in [0.25, 0.3) is 0 Å². The number of hydrogen-bond donors (Lipinski definition) is 2. The van der Waals surface area contributed by atoms with Crippen LogP contribution in [0, 0.1) is 0 Å². The van der Waals surface area contributed by atoms with Crippen molar-refractivity contribution in [1.82, 2.24) is 0 Å². The summed E-state index contributed by atoms with van der Waals surface area (Å²) in [6.45, 7) is 2.76. The Morgan fingerprint density at radius 2 is 2.42 bits per heavy atom. The minimum absolute atomic E-state index is 0.360. The lowest BCUT2D eigenvalue weighted by Gasteiger charge is -2.25. The van der Waals surface area contributed by atoms with E-state index in [0.717, 1.165) is 11.4 Å². The first-order valence-electron chi connectivity index (χ1n) is 4.05. The molecule has 1 aliphatic heterocycles. The van der Waals surface area contributed by atoms with Crippen LogP contribution < -0.4 is 15.8 Å². The molecule has 1 heterocycles.